The molecule has 0 spiro atoms. The van der Waals surface area contributed by atoms with Crippen molar-refractivity contribution < 1.29 is 33.4 Å². The van der Waals surface area contributed by atoms with Gasteiger partial charge in [0.05, 0.1) is 33.2 Å². The lowest BCUT2D eigenvalue weighted by Crippen LogP contribution is -2.47. The number of piperidine rings is 3. The van der Waals surface area contributed by atoms with E-state index in [1.165, 1.54) is 6.42 Å². The molecule has 96 heavy (non-hydrogen) atoms. The molecule has 6 aliphatic heterocycles. The predicted molar refractivity (Wildman–Crippen MR) is 377 cm³/mol. The van der Waals surface area contributed by atoms with Gasteiger partial charge in [-0.15, -0.1) is 0 Å². The number of nitrogens with two attached hydrogens (primary N) is 1. The quantitative estimate of drug-likeness (QED) is 0.0664. The molecule has 0 radical (unpaired) electrons. The van der Waals surface area contributed by atoms with E-state index in [9.17, 15) is 24.0 Å². The lowest BCUT2D eigenvalue weighted by Gasteiger charge is -2.34. The minimum atomic E-state index is -0.508. The molecule has 0 bridgehead atoms. The molecule has 9 aromatic rings. The smallest absolute Gasteiger partial charge is 0.410 e. The predicted octanol–water partition coefficient (Wildman–Crippen LogP) is 11.5. The average Bonchev–Trinajstić information content (AvgIpc) is 1.58. The number of hydrogen-bond acceptors (Lipinski definition) is 14. The van der Waals surface area contributed by atoms with E-state index < -0.39 is 11.2 Å². The Morgan fingerprint density at radius 2 is 0.927 bits per heavy atom. The molecule has 15 rings (SSSR count). The first kappa shape index (κ1) is 66.5. The Hall–Kier alpha value is -9.51. The van der Waals surface area contributed by atoms with Crippen molar-refractivity contribution in [2.75, 3.05) is 69.5 Å². The van der Waals surface area contributed by atoms with Crippen LogP contribution in [0.3, 0.4) is 0 Å². The molecule has 0 unspecified atom stereocenters. The summed E-state index contributed by atoms with van der Waals surface area (Å²) in [5.74, 6) is 1.61. The van der Waals surface area contributed by atoms with Crippen LogP contribution >= 0.6 is 11.6 Å². The van der Waals surface area contributed by atoms with E-state index in [-0.39, 0.29) is 42.0 Å². The van der Waals surface area contributed by atoms with Crippen LogP contribution in [-0.2, 0) is 28.7 Å². The van der Waals surface area contributed by atoms with Gasteiger partial charge in [-0.2, -0.15) is 0 Å². The number of para-hydroxylation sites is 3. The zero-order valence-corrected chi connectivity index (χ0v) is 56.2. The molecule has 6 aromatic heterocycles. The lowest BCUT2D eigenvalue weighted by atomic mass is 10.0. The van der Waals surface area contributed by atoms with Crippen LogP contribution in [0.2, 0.25) is 5.15 Å². The lowest BCUT2D eigenvalue weighted by molar-refractivity contribution is 0.0193. The van der Waals surface area contributed by atoms with E-state index in [4.69, 9.17) is 36.8 Å². The highest BCUT2D eigenvalue weighted by Gasteiger charge is 2.30. The van der Waals surface area contributed by atoms with Gasteiger partial charge in [-0.05, 0) is 141 Å². The summed E-state index contributed by atoms with van der Waals surface area (Å²) in [5.41, 5.74) is 18.3. The SMILES string of the molecule is CC(C)(C)OC(=O)N1CCC[C@H](N)C1.CC(C)(C)OC(=O)N1CCC[C@H](Nc2ccc3cccc(-c4cc5c([nH]4)CCNC5=O)c3n2)C1.O=C1NCCc2[nH]c(-c3cccc4ccc(Cl)nc34)cc21.O=C1NCCc2[nH]c(-c3cccc4ccc(N[C@H]5CCCNC5)nc34)cc21. The molecule has 5 amide bonds. The fourth-order valence-corrected chi connectivity index (χ4v) is 13.2. The van der Waals surface area contributed by atoms with E-state index in [0.29, 0.717) is 56.0 Å². The number of carbonyl (C=O) groups is 5. The third-order valence-corrected chi connectivity index (χ3v) is 17.8. The number of anilines is 2. The summed E-state index contributed by atoms with van der Waals surface area (Å²) in [6, 6.07) is 36.5. The first-order chi connectivity index (χ1) is 46.1. The van der Waals surface area contributed by atoms with Crippen molar-refractivity contribution in [2.24, 2.45) is 5.73 Å². The van der Waals surface area contributed by atoms with Crippen molar-refractivity contribution in [3.05, 3.63) is 148 Å². The number of nitrogens with one attached hydrogen (secondary N) is 9. The Labute approximate surface area is 563 Å². The average molecular weight is 1320 g/mol. The van der Waals surface area contributed by atoms with E-state index in [2.05, 4.69) is 76.1 Å². The van der Waals surface area contributed by atoms with Crippen molar-refractivity contribution in [2.45, 2.75) is 129 Å². The first-order valence-corrected chi connectivity index (χ1v) is 33.8. The molecule has 502 valence electrons. The summed E-state index contributed by atoms with van der Waals surface area (Å²) >= 11 is 6.02. The monoisotopic (exact) mass is 1320 g/mol. The number of amides is 5. The minimum Gasteiger partial charge on any atom is -0.444 e. The van der Waals surface area contributed by atoms with Crippen LogP contribution in [0.15, 0.2) is 109 Å². The van der Waals surface area contributed by atoms with Crippen LogP contribution in [0.25, 0.3) is 66.5 Å². The molecule has 0 aliphatic carbocycles. The molecular weight excluding hydrogens is 1230 g/mol. The van der Waals surface area contributed by atoms with E-state index in [1.54, 1.807) is 15.9 Å². The van der Waals surface area contributed by atoms with Crippen molar-refractivity contribution in [3.63, 3.8) is 0 Å². The van der Waals surface area contributed by atoms with Crippen molar-refractivity contribution in [1.29, 1.82) is 0 Å². The minimum absolute atomic E-state index is 0.000833. The van der Waals surface area contributed by atoms with Crippen molar-refractivity contribution in [1.82, 2.24) is 61.0 Å². The highest BCUT2D eigenvalue weighted by atomic mass is 35.5. The maximum Gasteiger partial charge on any atom is 0.410 e. The van der Waals surface area contributed by atoms with Crippen LogP contribution in [0, 0.1) is 0 Å². The second kappa shape index (κ2) is 28.8. The summed E-state index contributed by atoms with van der Waals surface area (Å²) in [6.45, 7) is 18.0. The Morgan fingerprint density at radius 3 is 1.35 bits per heavy atom. The zero-order chi connectivity index (χ0) is 67.3. The Bertz CT molecular complexity index is 4350. The zero-order valence-electron chi connectivity index (χ0n) is 55.4. The third kappa shape index (κ3) is 16.1. The third-order valence-electron chi connectivity index (χ3n) is 17.6. The van der Waals surface area contributed by atoms with Gasteiger partial charge in [0.2, 0.25) is 0 Å². The van der Waals surface area contributed by atoms with Crippen LogP contribution in [0.1, 0.15) is 128 Å². The van der Waals surface area contributed by atoms with Gasteiger partial charge in [-0.25, -0.2) is 24.5 Å². The fraction of sp³-hybridized carbons (Fsp3) is 0.397. The number of hydrogen-bond donors (Lipinski definition) is 10. The number of benzene rings is 3. The summed E-state index contributed by atoms with van der Waals surface area (Å²) in [5, 5.41) is 22.8. The molecule has 0 saturated carbocycles. The Balaban J connectivity index is 0.000000128. The number of aromatic amines is 3. The fourth-order valence-electron chi connectivity index (χ4n) is 13.0. The number of aromatic nitrogens is 6. The first-order valence-electron chi connectivity index (χ1n) is 33.5. The van der Waals surface area contributed by atoms with Gasteiger partial charge in [0.15, 0.2) is 0 Å². The number of halogens is 1. The molecule has 12 heterocycles. The molecule has 11 N–H and O–H groups in total. The van der Waals surface area contributed by atoms with Gasteiger partial charge in [0.25, 0.3) is 17.7 Å². The van der Waals surface area contributed by atoms with Gasteiger partial charge < -0.3 is 71.9 Å². The number of H-pyrrole nitrogens is 3. The number of likely N-dealkylation sites (tertiary alicyclic amines) is 2. The standard InChI is InChI=1S/C26H31N5O3.C21H23N5O.C16H12ClN3O.C10H20N2O2/c1-26(2,3)34-25(33)31-13-5-7-17(15-31)28-22-10-9-16-6-4-8-18(23(16)30-22)21-14-19-20(29-21)11-12-27-24(19)32;27-21-16-11-18(25-17(16)8-10-23-21)15-5-1-3-13-6-7-19(26-20(13)15)24-14-4-2-9-22-12-14;17-14-5-4-9-2-1-3-10(15(9)20-14)13-8-11-12(19-13)6-7-18-16(11)21;1-10(2,3)14-9(13)12-6-4-5-8(11)7-12/h4,6,8-10,14,17,29H,5,7,11-13,15H2,1-3H3,(H,27,32)(H,28,30);1,3,5-7,11,14,22,25H,2,4,8-10,12H2,(H,23,27)(H,24,26);1-5,8,19H,6-7H2,(H,18,21);8H,4-7,11H2,1-3H3/t17-;14-;;8-/m00.0/s1. The van der Waals surface area contributed by atoms with Gasteiger partial charge in [-0.3, -0.25) is 14.4 Å². The second-order valence-corrected chi connectivity index (χ2v) is 27.7. The van der Waals surface area contributed by atoms with Gasteiger partial charge in [-0.1, -0.05) is 66.2 Å². The largest absolute Gasteiger partial charge is 0.444 e. The Morgan fingerprint density at radius 1 is 0.510 bits per heavy atom. The molecular formula is C73H86ClN15O7. The number of carbonyl (C=O) groups excluding carboxylic acids is 5. The van der Waals surface area contributed by atoms with Crippen molar-refractivity contribution >= 4 is 85.9 Å². The van der Waals surface area contributed by atoms with Crippen LogP contribution < -0.4 is 37.6 Å². The normalized spacial score (nSPS) is 18.5. The molecule has 3 aromatic carbocycles. The number of pyridine rings is 3. The van der Waals surface area contributed by atoms with Crippen LogP contribution in [-0.4, -0.2) is 158 Å². The molecule has 23 heteroatoms. The number of fused-ring (bicyclic) bond motifs is 6. The van der Waals surface area contributed by atoms with E-state index in [0.717, 1.165) is 177 Å². The highest BCUT2D eigenvalue weighted by molar-refractivity contribution is 6.30. The van der Waals surface area contributed by atoms with Gasteiger partial charge in [0, 0.05) is 157 Å². The number of ether oxygens (including phenoxy) is 2. The number of rotatable bonds is 7. The summed E-state index contributed by atoms with van der Waals surface area (Å²) < 4.78 is 10.8. The van der Waals surface area contributed by atoms with Gasteiger partial charge >= 0.3 is 12.2 Å². The molecule has 3 fully saturated rings. The molecule has 22 nitrogen and oxygen atoms in total. The maximum absolute atomic E-state index is 12.5. The van der Waals surface area contributed by atoms with Crippen LogP contribution in [0.4, 0.5) is 21.2 Å². The van der Waals surface area contributed by atoms with Crippen molar-refractivity contribution in [3.8, 4) is 33.8 Å². The second-order valence-electron chi connectivity index (χ2n) is 27.3. The van der Waals surface area contributed by atoms with Gasteiger partial charge in [0.1, 0.15) is 28.0 Å². The summed E-state index contributed by atoms with van der Waals surface area (Å²) in [7, 11) is 0. The summed E-state index contributed by atoms with van der Waals surface area (Å²) in [4.78, 5) is 88.3. The molecule has 6 aliphatic rings. The molecule has 3 saturated heterocycles. The van der Waals surface area contributed by atoms with E-state index >= 15 is 0 Å². The van der Waals surface area contributed by atoms with Crippen LogP contribution in [0.5, 0.6) is 0 Å². The highest BCUT2D eigenvalue weighted by Crippen LogP contribution is 2.34. The number of nitrogens with zero attached hydrogens (tertiary/aromatic N) is 5. The molecule has 3 atom stereocenters. The van der Waals surface area contributed by atoms with E-state index in [1.807, 2.05) is 120 Å². The summed E-state index contributed by atoms with van der Waals surface area (Å²) in [6.07, 6.45) is 8.12. The topological polar surface area (TPSA) is 295 Å². The Kier molecular flexibility index (Phi) is 20.0. The maximum atomic E-state index is 12.5.